The van der Waals surface area contributed by atoms with Crippen molar-refractivity contribution < 1.29 is 18.3 Å². The zero-order chi connectivity index (χ0) is 19.8. The number of hydrogen-bond acceptors (Lipinski definition) is 4. The number of fused-ring (bicyclic) bond motifs is 1. The van der Waals surface area contributed by atoms with E-state index >= 15 is 0 Å². The fraction of sp³-hybridized carbons (Fsp3) is 0.444. The minimum Gasteiger partial charge on any atom is -0.696 e. The predicted molar refractivity (Wildman–Crippen MR) is 99.7 cm³/mol. The molecule has 0 saturated carbocycles. The van der Waals surface area contributed by atoms with Gasteiger partial charge in [0.15, 0.2) is 0 Å². The molecule has 2 unspecified atom stereocenters. The van der Waals surface area contributed by atoms with Gasteiger partial charge in [-0.25, -0.2) is 0 Å². The average molecular weight is 411 g/mol. The third kappa shape index (κ3) is 3.77. The molecule has 4 rings (SSSR count). The van der Waals surface area contributed by atoms with Crippen molar-refractivity contribution in [3.63, 3.8) is 0 Å². The van der Waals surface area contributed by atoms with Crippen LogP contribution in [0.4, 0.5) is 14.5 Å². The first-order chi connectivity index (χ1) is 13.4. The summed E-state index contributed by atoms with van der Waals surface area (Å²) in [7, 11) is 0. The Morgan fingerprint density at radius 2 is 2.07 bits per heavy atom. The van der Waals surface area contributed by atoms with Gasteiger partial charge in [0.05, 0.1) is 5.69 Å². The summed E-state index contributed by atoms with van der Waals surface area (Å²) < 4.78 is 31.2. The summed E-state index contributed by atoms with van der Waals surface area (Å²) >= 11 is 5.97. The number of halogens is 3. The minimum atomic E-state index is -3.01. The Hall–Kier alpha value is -2.39. The highest BCUT2D eigenvalue weighted by Gasteiger charge is 2.38. The quantitative estimate of drug-likeness (QED) is 0.820. The molecule has 0 radical (unpaired) electrons. The molecule has 10 heteroatoms. The van der Waals surface area contributed by atoms with Crippen molar-refractivity contribution >= 4 is 23.2 Å². The van der Waals surface area contributed by atoms with Crippen LogP contribution >= 0.6 is 11.6 Å². The van der Waals surface area contributed by atoms with E-state index in [-0.39, 0.29) is 35.1 Å². The maximum atomic E-state index is 12.7. The van der Waals surface area contributed by atoms with E-state index in [1.807, 2.05) is 4.90 Å². The molecule has 1 aromatic heterocycles. The Kier molecular flexibility index (Phi) is 5.11. The van der Waals surface area contributed by atoms with Crippen LogP contribution in [0.1, 0.15) is 0 Å². The van der Waals surface area contributed by atoms with E-state index in [1.165, 1.54) is 29.1 Å². The van der Waals surface area contributed by atoms with Gasteiger partial charge in [-0.3, -0.25) is 9.48 Å². The molecule has 3 heterocycles. The Bertz CT molecular complexity index is 879. The SMILES string of the molecule is [NH-]c1cn(CC(=O)N2CC3CNCC3C2)nc1-c1cc(Cl)ccc1OC(F)F. The first kappa shape index (κ1) is 18.9. The molecule has 2 fully saturated rings. The summed E-state index contributed by atoms with van der Waals surface area (Å²) in [4.78, 5) is 14.4. The van der Waals surface area contributed by atoms with Gasteiger partial charge in [-0.15, -0.1) is 0 Å². The number of likely N-dealkylation sites (tertiary alicyclic amines) is 1. The van der Waals surface area contributed by atoms with Gasteiger partial charge in [0.2, 0.25) is 5.91 Å². The van der Waals surface area contributed by atoms with Crippen LogP contribution in [0.5, 0.6) is 5.75 Å². The summed E-state index contributed by atoms with van der Waals surface area (Å²) in [5.41, 5.74) is 8.45. The molecule has 28 heavy (non-hydrogen) atoms. The zero-order valence-electron chi connectivity index (χ0n) is 14.9. The summed E-state index contributed by atoms with van der Waals surface area (Å²) in [6, 6.07) is 4.15. The number of aromatic nitrogens is 2. The van der Waals surface area contributed by atoms with Gasteiger partial charge in [0, 0.05) is 43.0 Å². The van der Waals surface area contributed by atoms with Crippen LogP contribution < -0.4 is 10.1 Å². The molecular weight excluding hydrogens is 392 g/mol. The maximum Gasteiger partial charge on any atom is 0.387 e. The lowest BCUT2D eigenvalue weighted by atomic mass is 10.0. The summed E-state index contributed by atoms with van der Waals surface area (Å²) in [5.74, 6) is 0.789. The van der Waals surface area contributed by atoms with E-state index in [0.717, 1.165) is 26.2 Å². The van der Waals surface area contributed by atoms with E-state index in [1.54, 1.807) is 0 Å². The van der Waals surface area contributed by atoms with E-state index in [9.17, 15) is 13.6 Å². The van der Waals surface area contributed by atoms with Gasteiger partial charge in [-0.1, -0.05) is 17.3 Å². The van der Waals surface area contributed by atoms with Gasteiger partial charge in [0.25, 0.3) is 0 Å². The van der Waals surface area contributed by atoms with Crippen molar-refractivity contribution in [1.29, 1.82) is 0 Å². The normalized spacial score (nSPS) is 21.4. The second-order valence-electron chi connectivity index (χ2n) is 7.09. The number of alkyl halides is 2. The fourth-order valence-electron chi connectivity index (χ4n) is 3.88. The van der Waals surface area contributed by atoms with Gasteiger partial charge < -0.3 is 20.7 Å². The van der Waals surface area contributed by atoms with Gasteiger partial charge in [-0.05, 0) is 30.0 Å². The number of hydrogen-bond donors (Lipinski definition) is 1. The van der Waals surface area contributed by atoms with E-state index < -0.39 is 6.61 Å². The van der Waals surface area contributed by atoms with Gasteiger partial charge >= 0.3 is 6.61 Å². The van der Waals surface area contributed by atoms with Crippen molar-refractivity contribution in [2.24, 2.45) is 11.8 Å². The average Bonchev–Trinajstić information content (AvgIpc) is 3.30. The van der Waals surface area contributed by atoms with E-state index in [2.05, 4.69) is 15.2 Å². The Morgan fingerprint density at radius 1 is 1.36 bits per heavy atom. The molecule has 2 aromatic rings. The third-order valence-electron chi connectivity index (χ3n) is 5.21. The van der Waals surface area contributed by atoms with Crippen LogP contribution in [0.2, 0.25) is 5.02 Å². The van der Waals surface area contributed by atoms with Crippen molar-refractivity contribution in [2.45, 2.75) is 13.2 Å². The van der Waals surface area contributed by atoms with Crippen molar-refractivity contribution in [2.75, 3.05) is 26.2 Å². The largest absolute Gasteiger partial charge is 0.696 e. The van der Waals surface area contributed by atoms with Crippen molar-refractivity contribution in [3.8, 4) is 17.0 Å². The predicted octanol–water partition coefficient (Wildman–Crippen LogP) is 3.17. The lowest BCUT2D eigenvalue weighted by Gasteiger charge is -2.17. The summed E-state index contributed by atoms with van der Waals surface area (Å²) in [6.45, 7) is 0.280. The second kappa shape index (κ2) is 7.56. The van der Waals surface area contributed by atoms with Crippen molar-refractivity contribution in [3.05, 3.63) is 35.2 Å². The summed E-state index contributed by atoms with van der Waals surface area (Å²) in [6.07, 6.45) is 1.40. The highest BCUT2D eigenvalue weighted by atomic mass is 35.5. The highest BCUT2D eigenvalue weighted by Crippen LogP contribution is 2.37. The zero-order valence-corrected chi connectivity index (χ0v) is 15.6. The Balaban J connectivity index is 1.53. The van der Waals surface area contributed by atoms with Crippen LogP contribution in [0.3, 0.4) is 0 Å². The first-order valence-corrected chi connectivity index (χ1v) is 9.31. The number of rotatable bonds is 5. The number of benzene rings is 1. The van der Waals surface area contributed by atoms with Gasteiger partial charge in [0.1, 0.15) is 12.3 Å². The highest BCUT2D eigenvalue weighted by molar-refractivity contribution is 6.31. The molecule has 0 aliphatic carbocycles. The summed E-state index contributed by atoms with van der Waals surface area (Å²) in [5, 5.41) is 7.89. The number of nitrogens with zero attached hydrogens (tertiary/aromatic N) is 3. The Morgan fingerprint density at radius 3 is 2.75 bits per heavy atom. The van der Waals surface area contributed by atoms with E-state index in [4.69, 9.17) is 17.3 Å². The number of ether oxygens (including phenoxy) is 1. The van der Waals surface area contributed by atoms with Crippen LogP contribution in [-0.2, 0) is 11.3 Å². The lowest BCUT2D eigenvalue weighted by Crippen LogP contribution is -2.34. The van der Waals surface area contributed by atoms with Crippen LogP contribution in [0, 0.1) is 11.8 Å². The molecule has 0 spiro atoms. The molecule has 7 nitrogen and oxygen atoms in total. The van der Waals surface area contributed by atoms with Crippen molar-refractivity contribution in [1.82, 2.24) is 20.0 Å². The molecule has 1 amide bonds. The van der Waals surface area contributed by atoms with Crippen LogP contribution in [0.25, 0.3) is 17.0 Å². The molecule has 2 N–H and O–H groups in total. The molecule has 2 aliphatic rings. The molecular formula is C18H19ClF2N5O2-. The fourth-order valence-corrected chi connectivity index (χ4v) is 4.06. The molecule has 150 valence electrons. The lowest BCUT2D eigenvalue weighted by molar-refractivity contribution is -0.131. The van der Waals surface area contributed by atoms with Gasteiger partial charge in [-0.2, -0.15) is 13.9 Å². The number of amides is 1. The second-order valence-corrected chi connectivity index (χ2v) is 7.52. The Labute approximate surface area is 165 Å². The smallest absolute Gasteiger partial charge is 0.387 e. The molecule has 2 saturated heterocycles. The monoisotopic (exact) mass is 410 g/mol. The molecule has 2 aliphatic heterocycles. The van der Waals surface area contributed by atoms with Crippen LogP contribution in [0.15, 0.2) is 24.4 Å². The maximum absolute atomic E-state index is 12.7. The number of nitrogens with one attached hydrogen (secondary N) is 2. The molecule has 0 bridgehead atoms. The molecule has 1 aromatic carbocycles. The van der Waals surface area contributed by atoms with E-state index in [0.29, 0.717) is 16.9 Å². The first-order valence-electron chi connectivity index (χ1n) is 8.93. The third-order valence-corrected chi connectivity index (χ3v) is 5.45. The standard InChI is InChI=1S/C18H19ClF2N5O2/c19-12-1-2-15(28-18(20)21)13(3-12)17-14(22)8-26(24-17)9-16(27)25-6-10-4-23-5-11(10)7-25/h1-3,8,10-11,18,22-23H,4-7,9H2/q-1. The van der Waals surface area contributed by atoms with Crippen LogP contribution in [-0.4, -0.2) is 53.4 Å². The molecule has 2 atom stereocenters. The number of carbonyl (C=O) groups excluding carboxylic acids is 1. The minimum absolute atomic E-state index is 0.00308. The topological polar surface area (TPSA) is 83.2 Å². The number of carbonyl (C=O) groups is 1.